The molecule has 22 heavy (non-hydrogen) atoms. The molecule has 2 aliphatic heterocycles. The van der Waals surface area contributed by atoms with Crippen molar-refractivity contribution in [2.24, 2.45) is 11.8 Å². The van der Waals surface area contributed by atoms with Crippen molar-refractivity contribution in [1.29, 1.82) is 0 Å². The number of rotatable bonds is 4. The van der Waals surface area contributed by atoms with E-state index >= 15 is 0 Å². The quantitative estimate of drug-likeness (QED) is 0.811. The molecule has 2 aliphatic rings. The summed E-state index contributed by atoms with van der Waals surface area (Å²) in [6, 6.07) is 6.65. The largest absolute Gasteiger partial charge is 0.550 e. The van der Waals surface area contributed by atoms with Gasteiger partial charge in [0.2, 0.25) is 5.91 Å². The average Bonchev–Trinajstić information content (AvgIpc) is 3.08. The minimum atomic E-state index is -1.26. The topological polar surface area (TPSA) is 95.5 Å². The zero-order valence-electron chi connectivity index (χ0n) is 12.1. The van der Waals surface area contributed by atoms with E-state index in [1.54, 1.807) is 24.3 Å². The van der Waals surface area contributed by atoms with Gasteiger partial charge in [-0.1, -0.05) is 12.1 Å². The summed E-state index contributed by atoms with van der Waals surface area (Å²) in [6.07, 6.45) is 0.462. The van der Waals surface area contributed by atoms with E-state index in [0.29, 0.717) is 24.1 Å². The molecular formula is C16H16NO5-. The second kappa shape index (κ2) is 5.53. The fourth-order valence-corrected chi connectivity index (χ4v) is 3.43. The number of ketones is 1. The molecule has 1 aromatic rings. The van der Waals surface area contributed by atoms with E-state index in [4.69, 9.17) is 4.74 Å². The molecule has 0 aliphatic carbocycles. The van der Waals surface area contributed by atoms with E-state index in [9.17, 15) is 19.5 Å². The Balaban J connectivity index is 1.83. The zero-order chi connectivity index (χ0) is 15.9. The summed E-state index contributed by atoms with van der Waals surface area (Å²) in [5.41, 5.74) is 0.782. The van der Waals surface area contributed by atoms with Crippen LogP contribution in [0.1, 0.15) is 30.1 Å². The van der Waals surface area contributed by atoms with Crippen LogP contribution in [0.2, 0.25) is 0 Å². The van der Waals surface area contributed by atoms with Crippen LogP contribution >= 0.6 is 0 Å². The molecule has 2 saturated heterocycles. The molecule has 1 aromatic carbocycles. The first-order chi connectivity index (χ1) is 10.5. The standard InChI is InChI=1S/C16H17NO5/c1-8(18)9-4-2-3-5-10(9)17-15(19)13-11-6-7-12(22-11)14(13)16(20)21/h2-5,11-14H,6-7H2,1H3,(H,17,19)(H,20,21)/p-1/t11-,12+,13+,14-/m0/s1. The lowest BCUT2D eigenvalue weighted by atomic mass is 9.78. The Labute approximate surface area is 127 Å². The van der Waals surface area contributed by atoms with Gasteiger partial charge in [-0.2, -0.15) is 0 Å². The lowest BCUT2D eigenvalue weighted by Crippen LogP contribution is -2.46. The van der Waals surface area contributed by atoms with Crippen molar-refractivity contribution in [2.75, 3.05) is 5.32 Å². The lowest BCUT2D eigenvalue weighted by molar-refractivity contribution is -0.313. The van der Waals surface area contributed by atoms with Crippen molar-refractivity contribution in [2.45, 2.75) is 32.0 Å². The summed E-state index contributed by atoms with van der Waals surface area (Å²) >= 11 is 0. The van der Waals surface area contributed by atoms with E-state index < -0.39 is 35.9 Å². The van der Waals surface area contributed by atoms with E-state index in [2.05, 4.69) is 5.32 Å². The maximum absolute atomic E-state index is 12.5. The summed E-state index contributed by atoms with van der Waals surface area (Å²) in [6.45, 7) is 1.41. The number of benzene rings is 1. The molecule has 0 saturated carbocycles. The molecule has 2 fully saturated rings. The monoisotopic (exact) mass is 302 g/mol. The first-order valence-corrected chi connectivity index (χ1v) is 7.26. The van der Waals surface area contributed by atoms with Gasteiger partial charge in [0, 0.05) is 17.5 Å². The van der Waals surface area contributed by atoms with Gasteiger partial charge in [-0.15, -0.1) is 0 Å². The summed E-state index contributed by atoms with van der Waals surface area (Å²) < 4.78 is 5.55. The van der Waals surface area contributed by atoms with Gasteiger partial charge in [0.1, 0.15) is 0 Å². The molecule has 116 valence electrons. The van der Waals surface area contributed by atoms with Gasteiger partial charge < -0.3 is 20.0 Å². The summed E-state index contributed by atoms with van der Waals surface area (Å²) in [5, 5.41) is 14.0. The molecule has 0 spiro atoms. The second-order valence-electron chi connectivity index (χ2n) is 5.75. The van der Waals surface area contributed by atoms with Crippen molar-refractivity contribution in [1.82, 2.24) is 0 Å². The van der Waals surface area contributed by atoms with Crippen LogP contribution in [0.5, 0.6) is 0 Å². The molecular weight excluding hydrogens is 286 g/mol. The van der Waals surface area contributed by atoms with Gasteiger partial charge in [0.15, 0.2) is 5.78 Å². The minimum absolute atomic E-state index is 0.170. The van der Waals surface area contributed by atoms with E-state index in [1.807, 2.05) is 0 Å². The smallest absolute Gasteiger partial charge is 0.230 e. The predicted molar refractivity (Wildman–Crippen MR) is 75.0 cm³/mol. The number of aliphatic carboxylic acids is 1. The first-order valence-electron chi connectivity index (χ1n) is 7.26. The van der Waals surface area contributed by atoms with Crippen molar-refractivity contribution in [3.63, 3.8) is 0 Å². The van der Waals surface area contributed by atoms with Crippen molar-refractivity contribution in [3.05, 3.63) is 29.8 Å². The summed E-state index contributed by atoms with van der Waals surface area (Å²) in [5.74, 6) is -3.56. The van der Waals surface area contributed by atoms with Crippen LogP contribution in [0.3, 0.4) is 0 Å². The Kier molecular flexibility index (Phi) is 3.70. The molecule has 1 N–H and O–H groups in total. The number of amides is 1. The van der Waals surface area contributed by atoms with Gasteiger partial charge in [0.25, 0.3) is 0 Å². The molecule has 0 radical (unpaired) electrons. The highest BCUT2D eigenvalue weighted by molar-refractivity contribution is 6.04. The van der Waals surface area contributed by atoms with Crippen LogP contribution in [-0.2, 0) is 14.3 Å². The summed E-state index contributed by atoms with van der Waals surface area (Å²) in [7, 11) is 0. The Morgan fingerprint density at radius 3 is 2.41 bits per heavy atom. The van der Waals surface area contributed by atoms with Gasteiger partial charge in [-0.3, -0.25) is 9.59 Å². The third-order valence-corrected chi connectivity index (χ3v) is 4.41. The first kappa shape index (κ1) is 14.7. The SMILES string of the molecule is CC(=O)c1ccccc1NC(=O)[C@H]1[C@@H](C(=O)[O-])[C@H]2CC[C@@H]1O2. The number of Topliss-reactive ketones (excluding diaryl/α,β-unsaturated/α-hetero) is 1. The number of ether oxygens (including phenoxy) is 1. The number of anilines is 1. The fourth-order valence-electron chi connectivity index (χ4n) is 3.43. The minimum Gasteiger partial charge on any atom is -0.550 e. The Morgan fingerprint density at radius 1 is 1.14 bits per heavy atom. The van der Waals surface area contributed by atoms with Gasteiger partial charge in [-0.05, 0) is 31.9 Å². The highest BCUT2D eigenvalue weighted by Crippen LogP contribution is 2.43. The number of hydrogen-bond acceptors (Lipinski definition) is 5. The van der Waals surface area contributed by atoms with Gasteiger partial charge in [0.05, 0.1) is 23.8 Å². The van der Waals surface area contributed by atoms with Crippen LogP contribution in [0.25, 0.3) is 0 Å². The fraction of sp³-hybridized carbons (Fsp3) is 0.438. The van der Waals surface area contributed by atoms with Crippen molar-refractivity contribution >= 4 is 23.3 Å². The number of para-hydroxylation sites is 1. The second-order valence-corrected chi connectivity index (χ2v) is 5.75. The normalized spacial score (nSPS) is 29.3. The average molecular weight is 302 g/mol. The molecule has 6 nitrogen and oxygen atoms in total. The molecule has 1 amide bonds. The number of hydrogen-bond donors (Lipinski definition) is 1. The zero-order valence-corrected chi connectivity index (χ0v) is 12.1. The molecule has 0 unspecified atom stereocenters. The highest BCUT2D eigenvalue weighted by Gasteiger charge is 2.52. The number of carboxylic acid groups (broad SMARTS) is 1. The van der Waals surface area contributed by atoms with Crippen LogP contribution in [0.15, 0.2) is 24.3 Å². The van der Waals surface area contributed by atoms with Crippen LogP contribution in [-0.4, -0.2) is 29.9 Å². The van der Waals surface area contributed by atoms with Crippen molar-refractivity contribution in [3.8, 4) is 0 Å². The number of carbonyl (C=O) groups is 3. The van der Waals surface area contributed by atoms with Gasteiger partial charge in [-0.25, -0.2) is 0 Å². The number of nitrogens with one attached hydrogen (secondary N) is 1. The molecule has 6 heteroatoms. The van der Waals surface area contributed by atoms with Crippen LogP contribution in [0.4, 0.5) is 5.69 Å². The van der Waals surface area contributed by atoms with E-state index in [0.717, 1.165) is 0 Å². The predicted octanol–water partition coefficient (Wildman–Crippen LogP) is 0.371. The number of carbonyl (C=O) groups excluding carboxylic acids is 3. The Morgan fingerprint density at radius 2 is 1.77 bits per heavy atom. The molecule has 2 bridgehead atoms. The molecule has 2 heterocycles. The maximum atomic E-state index is 12.5. The van der Waals surface area contributed by atoms with Crippen LogP contribution in [0, 0.1) is 11.8 Å². The molecule has 0 aromatic heterocycles. The molecule has 3 rings (SSSR count). The molecule has 4 atom stereocenters. The Bertz CT molecular complexity index is 641. The van der Waals surface area contributed by atoms with Gasteiger partial charge >= 0.3 is 0 Å². The third kappa shape index (κ3) is 2.39. The number of fused-ring (bicyclic) bond motifs is 2. The van der Waals surface area contributed by atoms with E-state index in [1.165, 1.54) is 6.92 Å². The third-order valence-electron chi connectivity index (χ3n) is 4.41. The number of carboxylic acids is 1. The lowest BCUT2D eigenvalue weighted by Gasteiger charge is -2.27. The van der Waals surface area contributed by atoms with Crippen molar-refractivity contribution < 1.29 is 24.2 Å². The van der Waals surface area contributed by atoms with E-state index in [-0.39, 0.29) is 5.78 Å². The van der Waals surface area contributed by atoms with Crippen LogP contribution < -0.4 is 10.4 Å². The summed E-state index contributed by atoms with van der Waals surface area (Å²) in [4.78, 5) is 35.4. The Hall–Kier alpha value is -2.21. The maximum Gasteiger partial charge on any atom is 0.230 e. The highest BCUT2D eigenvalue weighted by atomic mass is 16.5.